The lowest BCUT2D eigenvalue weighted by molar-refractivity contribution is 0.279. The summed E-state index contributed by atoms with van der Waals surface area (Å²) in [5, 5.41) is 9.18. The van der Waals surface area contributed by atoms with E-state index in [9.17, 15) is 5.11 Å². The summed E-state index contributed by atoms with van der Waals surface area (Å²) in [6.45, 7) is 0.0933. The van der Waals surface area contributed by atoms with Crippen LogP contribution in [0.4, 0.5) is 0 Å². The zero-order valence-electron chi connectivity index (χ0n) is 12.1. The van der Waals surface area contributed by atoms with E-state index >= 15 is 0 Å². The Morgan fingerprint density at radius 2 is 1.40 bits per heavy atom. The van der Waals surface area contributed by atoms with E-state index in [1.807, 2.05) is 68.5 Å². The van der Waals surface area contributed by atoms with Gasteiger partial charge in [-0.2, -0.15) is 0 Å². The molecule has 0 bridgehead atoms. The van der Waals surface area contributed by atoms with Gasteiger partial charge in [0.15, 0.2) is 0 Å². The average Bonchev–Trinajstić information content (AvgIpc) is 2.40. The summed E-state index contributed by atoms with van der Waals surface area (Å²) in [4.78, 5) is 4.31. The number of nitrogens with zero attached hydrogens (tertiary/aromatic N) is 1. The summed E-state index contributed by atoms with van der Waals surface area (Å²) in [6, 6.07) is 18.1. The molecule has 2 nitrogen and oxygen atoms in total. The topological polar surface area (TPSA) is 23.5 Å². The Morgan fingerprint density at radius 3 is 1.95 bits per heavy atom. The fourth-order valence-corrected chi connectivity index (χ4v) is 2.31. The Labute approximate surface area is 132 Å². The van der Waals surface area contributed by atoms with Crippen LogP contribution in [0.25, 0.3) is 0 Å². The molecule has 0 unspecified atom stereocenters. The fraction of sp³-hybridized carbons (Fsp3) is 0.250. The highest BCUT2D eigenvalue weighted by Crippen LogP contribution is 2.29. The Bertz CT molecular complexity index is 474. The van der Waals surface area contributed by atoms with Crippen molar-refractivity contribution < 1.29 is 5.11 Å². The van der Waals surface area contributed by atoms with Gasteiger partial charge < -0.3 is 10.0 Å². The molecule has 0 aliphatic heterocycles. The second-order valence-corrected chi connectivity index (χ2v) is 5.64. The Morgan fingerprint density at radius 1 is 0.900 bits per heavy atom. The van der Waals surface area contributed by atoms with Crippen molar-refractivity contribution >= 4 is 24.2 Å². The van der Waals surface area contributed by atoms with Gasteiger partial charge in [0.05, 0.1) is 6.61 Å². The van der Waals surface area contributed by atoms with Crippen molar-refractivity contribution in [1.82, 2.24) is 4.90 Å². The number of benzene rings is 2. The van der Waals surface area contributed by atoms with E-state index in [0.29, 0.717) is 0 Å². The molecule has 0 atom stereocenters. The Balaban J connectivity index is 0.000000644. The van der Waals surface area contributed by atoms with Crippen molar-refractivity contribution in [2.24, 2.45) is 0 Å². The molecule has 1 N–H and O–H groups in total. The number of hydrogen-bond acceptors (Lipinski definition) is 3. The standard InChI is InChI=1S/C13H12OS.C3H9N.ClH/c14-10-11-6-4-5-9-13(11)15-12-7-2-1-3-8-12;1-4(2)3;/h1-9,14H,10H2;1-3H3;1H. The van der Waals surface area contributed by atoms with Gasteiger partial charge in [-0.3, -0.25) is 0 Å². The van der Waals surface area contributed by atoms with Gasteiger partial charge in [-0.05, 0) is 44.9 Å². The lowest BCUT2D eigenvalue weighted by Crippen LogP contribution is -1.99. The zero-order chi connectivity index (χ0) is 14.1. The first kappa shape index (κ1) is 19.0. The van der Waals surface area contributed by atoms with Gasteiger partial charge >= 0.3 is 0 Å². The van der Waals surface area contributed by atoms with Gasteiger partial charge in [-0.1, -0.05) is 48.2 Å². The third kappa shape index (κ3) is 7.56. The van der Waals surface area contributed by atoms with Crippen molar-refractivity contribution in [2.45, 2.75) is 16.4 Å². The molecule has 0 aromatic heterocycles. The molecule has 0 saturated carbocycles. The maximum Gasteiger partial charge on any atom is 0.0692 e. The number of rotatable bonds is 3. The largest absolute Gasteiger partial charge is 0.392 e. The second-order valence-electron chi connectivity index (χ2n) is 4.52. The molecule has 0 fully saturated rings. The van der Waals surface area contributed by atoms with Crippen LogP contribution in [0.3, 0.4) is 0 Å². The predicted molar refractivity (Wildman–Crippen MR) is 89.8 cm³/mol. The molecule has 2 rings (SSSR count). The number of hydrogen-bond donors (Lipinski definition) is 1. The smallest absolute Gasteiger partial charge is 0.0692 e. The molecule has 20 heavy (non-hydrogen) atoms. The monoisotopic (exact) mass is 311 g/mol. The van der Waals surface area contributed by atoms with Crippen LogP contribution in [0.1, 0.15) is 5.56 Å². The maximum absolute atomic E-state index is 9.18. The van der Waals surface area contributed by atoms with Crippen LogP contribution >= 0.6 is 24.2 Å². The average molecular weight is 312 g/mol. The third-order valence-electron chi connectivity index (χ3n) is 2.11. The highest BCUT2D eigenvalue weighted by Gasteiger charge is 2.01. The molecule has 2 aromatic rings. The molecule has 0 aliphatic rings. The van der Waals surface area contributed by atoms with E-state index in [-0.39, 0.29) is 19.0 Å². The molecule has 0 spiro atoms. The van der Waals surface area contributed by atoms with Crippen LogP contribution in [0, 0.1) is 0 Å². The van der Waals surface area contributed by atoms with Gasteiger partial charge in [0, 0.05) is 9.79 Å². The summed E-state index contributed by atoms with van der Waals surface area (Å²) < 4.78 is 0. The first-order valence-electron chi connectivity index (χ1n) is 6.16. The van der Waals surface area contributed by atoms with E-state index in [0.717, 1.165) is 10.5 Å². The number of aliphatic hydroxyl groups is 1. The van der Waals surface area contributed by atoms with E-state index in [1.54, 1.807) is 11.8 Å². The van der Waals surface area contributed by atoms with Crippen LogP contribution in [-0.2, 0) is 6.61 Å². The highest BCUT2D eigenvalue weighted by atomic mass is 35.5. The first-order chi connectivity index (χ1) is 9.13. The highest BCUT2D eigenvalue weighted by molar-refractivity contribution is 7.99. The van der Waals surface area contributed by atoms with E-state index < -0.39 is 0 Å². The Hall–Kier alpha value is -1.00. The van der Waals surface area contributed by atoms with Crippen molar-refractivity contribution in [3.63, 3.8) is 0 Å². The molecule has 0 saturated heterocycles. The van der Waals surface area contributed by atoms with Crippen molar-refractivity contribution in [2.75, 3.05) is 21.1 Å². The van der Waals surface area contributed by atoms with Crippen LogP contribution in [-0.4, -0.2) is 31.1 Å². The Kier molecular flexibility index (Phi) is 10.2. The molecule has 110 valence electrons. The van der Waals surface area contributed by atoms with Gasteiger partial charge in [-0.15, -0.1) is 12.4 Å². The van der Waals surface area contributed by atoms with E-state index in [2.05, 4.69) is 12.1 Å². The van der Waals surface area contributed by atoms with Crippen LogP contribution in [0.15, 0.2) is 64.4 Å². The summed E-state index contributed by atoms with van der Waals surface area (Å²) in [5.41, 5.74) is 0.978. The van der Waals surface area contributed by atoms with Crippen LogP contribution in [0.5, 0.6) is 0 Å². The molecule has 0 heterocycles. The van der Waals surface area contributed by atoms with Crippen LogP contribution < -0.4 is 0 Å². The van der Waals surface area contributed by atoms with Crippen molar-refractivity contribution in [3.8, 4) is 0 Å². The van der Waals surface area contributed by atoms with Crippen molar-refractivity contribution in [1.29, 1.82) is 0 Å². The SMILES string of the molecule is CN(C)C.Cl.OCc1ccccc1Sc1ccccc1. The zero-order valence-corrected chi connectivity index (χ0v) is 13.7. The third-order valence-corrected chi connectivity index (χ3v) is 3.24. The lowest BCUT2D eigenvalue weighted by Gasteiger charge is -2.05. The quantitative estimate of drug-likeness (QED) is 0.929. The predicted octanol–water partition coefficient (Wildman–Crippen LogP) is 3.93. The number of aliphatic hydroxyl groups excluding tert-OH is 1. The van der Waals surface area contributed by atoms with Gasteiger partial charge in [0.25, 0.3) is 0 Å². The molecule has 2 aromatic carbocycles. The summed E-state index contributed by atoms with van der Waals surface area (Å²) in [7, 11) is 6.00. The second kappa shape index (κ2) is 10.7. The summed E-state index contributed by atoms with van der Waals surface area (Å²) in [5.74, 6) is 0. The summed E-state index contributed by atoms with van der Waals surface area (Å²) >= 11 is 1.68. The molecule has 4 heteroatoms. The summed E-state index contributed by atoms with van der Waals surface area (Å²) in [6.07, 6.45) is 0. The van der Waals surface area contributed by atoms with Crippen LogP contribution in [0.2, 0.25) is 0 Å². The normalized spacial score (nSPS) is 9.45. The van der Waals surface area contributed by atoms with E-state index in [1.165, 1.54) is 4.90 Å². The minimum atomic E-state index is 0. The van der Waals surface area contributed by atoms with E-state index in [4.69, 9.17) is 0 Å². The number of halogens is 1. The van der Waals surface area contributed by atoms with Gasteiger partial charge in [-0.25, -0.2) is 0 Å². The van der Waals surface area contributed by atoms with Gasteiger partial charge in [0.2, 0.25) is 0 Å². The van der Waals surface area contributed by atoms with Gasteiger partial charge in [0.1, 0.15) is 0 Å². The van der Waals surface area contributed by atoms with Crippen molar-refractivity contribution in [3.05, 3.63) is 60.2 Å². The molecular formula is C16H22ClNOS. The lowest BCUT2D eigenvalue weighted by atomic mass is 10.2. The first-order valence-corrected chi connectivity index (χ1v) is 6.97. The molecule has 0 radical (unpaired) electrons. The molecule has 0 amide bonds. The maximum atomic E-state index is 9.18. The minimum Gasteiger partial charge on any atom is -0.392 e. The fourth-order valence-electron chi connectivity index (χ4n) is 1.35. The molecule has 0 aliphatic carbocycles. The molecular weight excluding hydrogens is 290 g/mol. The minimum absolute atomic E-state index is 0.